The van der Waals surface area contributed by atoms with Crippen molar-refractivity contribution >= 4 is 11.9 Å². The molecular formula is C13H11NO5. The van der Waals surface area contributed by atoms with Crippen LogP contribution in [0.5, 0.6) is 0 Å². The molecule has 0 saturated heterocycles. The first-order valence-electron chi connectivity index (χ1n) is 5.45. The lowest BCUT2D eigenvalue weighted by Gasteiger charge is -2.01. The third kappa shape index (κ3) is 2.33. The molecule has 0 fully saturated rings. The number of aromatic carboxylic acids is 2. The molecule has 1 aromatic heterocycles. The van der Waals surface area contributed by atoms with Crippen LogP contribution in [-0.2, 0) is 0 Å². The van der Waals surface area contributed by atoms with Gasteiger partial charge in [0.05, 0.1) is 0 Å². The van der Waals surface area contributed by atoms with Gasteiger partial charge in [0.1, 0.15) is 0 Å². The molecule has 0 unspecified atom stereocenters. The number of benzene rings is 1. The summed E-state index contributed by atoms with van der Waals surface area (Å²) < 4.78 is 5.05. The van der Waals surface area contributed by atoms with Crippen molar-refractivity contribution in [1.29, 1.82) is 0 Å². The van der Waals surface area contributed by atoms with E-state index >= 15 is 0 Å². The average molecular weight is 261 g/mol. The second-order valence-electron chi connectivity index (χ2n) is 4.13. The van der Waals surface area contributed by atoms with Crippen LogP contribution in [0.1, 0.15) is 32.2 Å². The number of hydrogen-bond acceptors (Lipinski definition) is 4. The Balaban J connectivity index is 2.60. The maximum atomic E-state index is 10.9. The van der Waals surface area contributed by atoms with Gasteiger partial charge in [-0.15, -0.1) is 0 Å². The maximum absolute atomic E-state index is 10.9. The van der Waals surface area contributed by atoms with Crippen molar-refractivity contribution in [3.63, 3.8) is 0 Å². The van der Waals surface area contributed by atoms with E-state index < -0.39 is 23.4 Å². The molecule has 2 rings (SSSR count). The van der Waals surface area contributed by atoms with Crippen LogP contribution in [0.2, 0.25) is 0 Å². The van der Waals surface area contributed by atoms with Gasteiger partial charge in [0.25, 0.3) is 0 Å². The van der Waals surface area contributed by atoms with Gasteiger partial charge in [-0.05, 0) is 25.5 Å². The molecule has 0 atom stereocenters. The molecule has 6 heteroatoms. The van der Waals surface area contributed by atoms with Crippen LogP contribution in [0.4, 0.5) is 0 Å². The predicted molar refractivity (Wildman–Crippen MR) is 65.3 cm³/mol. The summed E-state index contributed by atoms with van der Waals surface area (Å²) in [5.74, 6) is -3.56. The Kier molecular flexibility index (Phi) is 3.08. The molecule has 19 heavy (non-hydrogen) atoms. The molecular weight excluding hydrogens is 250 g/mol. The van der Waals surface area contributed by atoms with E-state index in [1.165, 1.54) is 0 Å². The number of aryl methyl sites for hydroxylation is 2. The maximum Gasteiger partial charge on any atom is 0.374 e. The number of rotatable bonds is 3. The molecule has 0 aliphatic rings. The van der Waals surface area contributed by atoms with Gasteiger partial charge in [-0.2, -0.15) is 0 Å². The highest BCUT2D eigenvalue weighted by molar-refractivity contribution is 5.98. The molecule has 0 radical (unpaired) electrons. The highest BCUT2D eigenvalue weighted by atomic mass is 16.4. The Bertz CT molecular complexity index is 640. The molecule has 98 valence electrons. The van der Waals surface area contributed by atoms with E-state index in [0.29, 0.717) is 5.56 Å². The van der Waals surface area contributed by atoms with E-state index in [1.807, 2.05) is 26.0 Å². The van der Waals surface area contributed by atoms with Crippen LogP contribution >= 0.6 is 0 Å². The Labute approximate surface area is 108 Å². The summed E-state index contributed by atoms with van der Waals surface area (Å²) in [6, 6.07) is 5.40. The minimum absolute atomic E-state index is 0.00713. The summed E-state index contributed by atoms with van der Waals surface area (Å²) in [5.41, 5.74) is 1.84. The molecule has 2 N–H and O–H groups in total. The predicted octanol–water partition coefficient (Wildman–Crippen LogP) is 2.35. The zero-order valence-corrected chi connectivity index (χ0v) is 10.3. The molecule has 6 nitrogen and oxygen atoms in total. The van der Waals surface area contributed by atoms with Crippen molar-refractivity contribution in [2.24, 2.45) is 0 Å². The van der Waals surface area contributed by atoms with Crippen molar-refractivity contribution in [3.8, 4) is 11.5 Å². The van der Waals surface area contributed by atoms with Gasteiger partial charge in [0.2, 0.25) is 17.3 Å². The lowest BCUT2D eigenvalue weighted by molar-refractivity contribution is 0.0624. The van der Waals surface area contributed by atoms with Crippen LogP contribution < -0.4 is 0 Å². The van der Waals surface area contributed by atoms with Crippen LogP contribution in [0.15, 0.2) is 22.6 Å². The molecule has 0 bridgehead atoms. The molecule has 0 aliphatic carbocycles. The fourth-order valence-corrected chi connectivity index (χ4v) is 1.78. The first kappa shape index (κ1) is 12.8. The minimum atomic E-state index is -1.46. The van der Waals surface area contributed by atoms with E-state index in [-0.39, 0.29) is 5.89 Å². The van der Waals surface area contributed by atoms with Crippen LogP contribution in [0.25, 0.3) is 11.5 Å². The number of carboxylic acid groups (broad SMARTS) is 2. The molecule has 2 aromatic rings. The van der Waals surface area contributed by atoms with Crippen molar-refractivity contribution < 1.29 is 24.2 Å². The smallest absolute Gasteiger partial charge is 0.374 e. The molecule has 0 amide bonds. The lowest BCUT2D eigenvalue weighted by Crippen LogP contribution is -2.05. The summed E-state index contributed by atoms with van der Waals surface area (Å²) in [5, 5.41) is 17.8. The fourth-order valence-electron chi connectivity index (χ4n) is 1.78. The van der Waals surface area contributed by atoms with Gasteiger partial charge in [0, 0.05) is 5.56 Å². The molecule has 1 aromatic carbocycles. The summed E-state index contributed by atoms with van der Waals surface area (Å²) >= 11 is 0. The van der Waals surface area contributed by atoms with Gasteiger partial charge in [-0.25, -0.2) is 14.6 Å². The summed E-state index contributed by atoms with van der Waals surface area (Å²) in [7, 11) is 0. The Hall–Kier alpha value is -2.63. The topological polar surface area (TPSA) is 101 Å². The van der Waals surface area contributed by atoms with E-state index in [1.54, 1.807) is 6.07 Å². The number of nitrogens with zero attached hydrogens (tertiary/aromatic N) is 1. The standard InChI is InChI=1S/C13H11NO5/c1-6-3-4-8(7(2)5-6)11-14-9(12(15)16)10(19-11)13(17)18/h3-5H,1-2H3,(H,15,16)(H,17,18). The first-order valence-corrected chi connectivity index (χ1v) is 5.45. The zero-order valence-electron chi connectivity index (χ0n) is 10.3. The number of oxazole rings is 1. The van der Waals surface area contributed by atoms with Crippen LogP contribution in [-0.4, -0.2) is 27.1 Å². The second kappa shape index (κ2) is 4.56. The van der Waals surface area contributed by atoms with E-state index in [2.05, 4.69) is 4.98 Å². The van der Waals surface area contributed by atoms with E-state index in [0.717, 1.165) is 11.1 Å². The van der Waals surface area contributed by atoms with Gasteiger partial charge in [-0.3, -0.25) is 0 Å². The molecule has 1 heterocycles. The summed E-state index contributed by atoms with van der Waals surface area (Å²) in [6.07, 6.45) is 0. The summed E-state index contributed by atoms with van der Waals surface area (Å²) in [4.78, 5) is 25.6. The largest absolute Gasteiger partial charge is 0.476 e. The number of carbonyl (C=O) groups is 2. The normalized spacial score (nSPS) is 10.4. The van der Waals surface area contributed by atoms with Gasteiger partial charge in [-0.1, -0.05) is 17.7 Å². The third-order valence-electron chi connectivity index (χ3n) is 2.64. The van der Waals surface area contributed by atoms with Crippen molar-refractivity contribution in [2.75, 3.05) is 0 Å². The van der Waals surface area contributed by atoms with Gasteiger partial charge in [0.15, 0.2) is 0 Å². The summed E-state index contributed by atoms with van der Waals surface area (Å²) in [6.45, 7) is 3.73. The third-order valence-corrected chi connectivity index (χ3v) is 2.64. The molecule has 0 aliphatic heterocycles. The number of hydrogen-bond donors (Lipinski definition) is 2. The SMILES string of the molecule is Cc1ccc(-c2nc(C(=O)O)c(C(=O)O)o2)c(C)c1. The lowest BCUT2D eigenvalue weighted by atomic mass is 10.1. The highest BCUT2D eigenvalue weighted by Gasteiger charge is 2.25. The van der Waals surface area contributed by atoms with Gasteiger partial charge >= 0.3 is 11.9 Å². The first-order chi connectivity index (χ1) is 8.90. The average Bonchev–Trinajstić information content (AvgIpc) is 2.73. The van der Waals surface area contributed by atoms with E-state index in [4.69, 9.17) is 14.6 Å². The Morgan fingerprint density at radius 1 is 1.16 bits per heavy atom. The van der Waals surface area contributed by atoms with Crippen molar-refractivity contribution in [2.45, 2.75) is 13.8 Å². The number of carboxylic acids is 2. The van der Waals surface area contributed by atoms with Crippen molar-refractivity contribution in [1.82, 2.24) is 4.98 Å². The fraction of sp³-hybridized carbons (Fsp3) is 0.154. The molecule has 0 saturated carbocycles. The van der Waals surface area contributed by atoms with Gasteiger partial charge < -0.3 is 14.6 Å². The number of aromatic nitrogens is 1. The van der Waals surface area contributed by atoms with Crippen LogP contribution in [0.3, 0.4) is 0 Å². The van der Waals surface area contributed by atoms with E-state index in [9.17, 15) is 9.59 Å². The Morgan fingerprint density at radius 3 is 2.32 bits per heavy atom. The Morgan fingerprint density at radius 2 is 1.84 bits per heavy atom. The van der Waals surface area contributed by atoms with Crippen LogP contribution in [0, 0.1) is 13.8 Å². The highest BCUT2D eigenvalue weighted by Crippen LogP contribution is 2.26. The zero-order chi connectivity index (χ0) is 14.2. The molecule has 0 spiro atoms. The second-order valence-corrected chi connectivity index (χ2v) is 4.13. The quantitative estimate of drug-likeness (QED) is 0.879. The van der Waals surface area contributed by atoms with Crippen molar-refractivity contribution in [3.05, 3.63) is 40.8 Å². The monoisotopic (exact) mass is 261 g/mol. The minimum Gasteiger partial charge on any atom is -0.476 e.